The smallest absolute Gasteiger partial charge is 0.0544 e. The second-order valence-corrected chi connectivity index (χ2v) is 6.44. The Labute approximate surface area is 128 Å². The van der Waals surface area contributed by atoms with E-state index in [9.17, 15) is 0 Å². The van der Waals surface area contributed by atoms with E-state index in [-0.39, 0.29) is 0 Å². The number of nitrogens with zero attached hydrogens (tertiary/aromatic N) is 3. The Bertz CT molecular complexity index is 417. The molecule has 4 nitrogen and oxygen atoms in total. The van der Waals surface area contributed by atoms with Crippen LogP contribution in [-0.4, -0.2) is 54.1 Å². The lowest BCUT2D eigenvalue weighted by Gasteiger charge is -2.37. The van der Waals surface area contributed by atoms with Crippen molar-refractivity contribution in [2.45, 2.75) is 44.8 Å². The highest BCUT2D eigenvalue weighted by atomic mass is 15.3. The van der Waals surface area contributed by atoms with E-state index in [4.69, 9.17) is 0 Å². The van der Waals surface area contributed by atoms with Crippen LogP contribution in [0.4, 0.5) is 0 Å². The summed E-state index contributed by atoms with van der Waals surface area (Å²) in [6, 6.07) is 5.25. The van der Waals surface area contributed by atoms with Gasteiger partial charge in [0.1, 0.15) is 0 Å². The zero-order chi connectivity index (χ0) is 14.5. The van der Waals surface area contributed by atoms with Crippen LogP contribution in [0.15, 0.2) is 18.3 Å². The Morgan fingerprint density at radius 1 is 1.14 bits per heavy atom. The molecule has 0 atom stereocenters. The van der Waals surface area contributed by atoms with Crippen molar-refractivity contribution in [3.63, 3.8) is 0 Å². The van der Waals surface area contributed by atoms with Crippen molar-refractivity contribution in [1.82, 2.24) is 20.1 Å². The van der Waals surface area contributed by atoms with Gasteiger partial charge in [0, 0.05) is 51.5 Å². The number of rotatable bonds is 5. The summed E-state index contributed by atoms with van der Waals surface area (Å²) in [5, 5.41) is 3.16. The van der Waals surface area contributed by atoms with Crippen LogP contribution >= 0.6 is 0 Å². The maximum absolute atomic E-state index is 4.59. The Balaban J connectivity index is 1.46. The van der Waals surface area contributed by atoms with Crippen LogP contribution in [0.2, 0.25) is 0 Å². The molecule has 1 aliphatic carbocycles. The minimum atomic E-state index is 0.881. The van der Waals surface area contributed by atoms with E-state index in [0.717, 1.165) is 19.1 Å². The van der Waals surface area contributed by atoms with E-state index in [1.807, 2.05) is 13.2 Å². The Morgan fingerprint density at radius 2 is 1.90 bits per heavy atom. The zero-order valence-electron chi connectivity index (χ0n) is 13.2. The van der Waals surface area contributed by atoms with Gasteiger partial charge < -0.3 is 5.32 Å². The van der Waals surface area contributed by atoms with E-state index in [2.05, 4.69) is 32.2 Å². The number of hydrogen-bond acceptors (Lipinski definition) is 4. The molecule has 2 aliphatic rings. The molecule has 0 spiro atoms. The van der Waals surface area contributed by atoms with Crippen molar-refractivity contribution < 1.29 is 0 Å². The molecule has 1 aromatic rings. The maximum atomic E-state index is 4.59. The van der Waals surface area contributed by atoms with E-state index in [1.54, 1.807) is 0 Å². The fraction of sp³-hybridized carbons (Fsp3) is 0.706. The van der Waals surface area contributed by atoms with Crippen molar-refractivity contribution in [2.75, 3.05) is 33.2 Å². The summed E-state index contributed by atoms with van der Waals surface area (Å²) < 4.78 is 0. The van der Waals surface area contributed by atoms with Gasteiger partial charge >= 0.3 is 0 Å². The highest BCUT2D eigenvalue weighted by Gasteiger charge is 2.26. The van der Waals surface area contributed by atoms with Crippen LogP contribution in [0.25, 0.3) is 0 Å². The first-order chi connectivity index (χ1) is 10.3. The molecule has 1 aromatic heterocycles. The molecule has 1 N–H and O–H groups in total. The largest absolute Gasteiger partial charge is 0.316 e. The predicted molar refractivity (Wildman–Crippen MR) is 86.1 cm³/mol. The average molecular weight is 288 g/mol. The van der Waals surface area contributed by atoms with Gasteiger partial charge in [-0.05, 0) is 31.5 Å². The molecule has 3 rings (SSSR count). The molecule has 0 bridgehead atoms. The molecule has 1 saturated heterocycles. The summed E-state index contributed by atoms with van der Waals surface area (Å²) in [6.45, 7) is 6.75. The Hall–Kier alpha value is -0.970. The van der Waals surface area contributed by atoms with E-state index < -0.39 is 0 Å². The second-order valence-electron chi connectivity index (χ2n) is 6.44. The summed E-state index contributed by atoms with van der Waals surface area (Å²) in [5.74, 6) is 0. The second kappa shape index (κ2) is 7.34. The molecule has 116 valence electrons. The van der Waals surface area contributed by atoms with Crippen LogP contribution in [0.5, 0.6) is 0 Å². The SMILES string of the molecule is CNCc1ccc(CN2CCN(C3CCCC3)CC2)nc1. The summed E-state index contributed by atoms with van der Waals surface area (Å²) in [5.41, 5.74) is 2.46. The highest BCUT2D eigenvalue weighted by molar-refractivity contribution is 5.14. The molecule has 0 amide bonds. The van der Waals surface area contributed by atoms with Gasteiger partial charge in [0.15, 0.2) is 0 Å². The standard InChI is InChI=1S/C17H28N4/c1-18-12-15-6-7-16(19-13-15)14-20-8-10-21(11-9-20)17-4-2-3-5-17/h6-7,13,17-18H,2-5,8-12,14H2,1H3. The van der Waals surface area contributed by atoms with Crippen LogP contribution in [-0.2, 0) is 13.1 Å². The van der Waals surface area contributed by atoms with Gasteiger partial charge in [0.25, 0.3) is 0 Å². The Morgan fingerprint density at radius 3 is 2.52 bits per heavy atom. The first-order valence-electron chi connectivity index (χ1n) is 8.40. The minimum absolute atomic E-state index is 0.881. The van der Waals surface area contributed by atoms with E-state index in [0.29, 0.717) is 0 Å². The molecule has 2 heterocycles. The number of aromatic nitrogens is 1. The number of hydrogen-bond donors (Lipinski definition) is 1. The topological polar surface area (TPSA) is 31.4 Å². The van der Waals surface area contributed by atoms with Crippen LogP contribution < -0.4 is 5.32 Å². The summed E-state index contributed by atoms with van der Waals surface area (Å²) in [7, 11) is 1.97. The van der Waals surface area contributed by atoms with E-state index >= 15 is 0 Å². The fourth-order valence-electron chi connectivity index (χ4n) is 3.64. The number of nitrogens with one attached hydrogen (secondary N) is 1. The van der Waals surface area contributed by atoms with Gasteiger partial charge in [0.05, 0.1) is 5.69 Å². The fourth-order valence-corrected chi connectivity index (χ4v) is 3.64. The number of piperazine rings is 1. The monoisotopic (exact) mass is 288 g/mol. The maximum Gasteiger partial charge on any atom is 0.0544 e. The highest BCUT2D eigenvalue weighted by Crippen LogP contribution is 2.24. The van der Waals surface area contributed by atoms with Gasteiger partial charge in [-0.2, -0.15) is 0 Å². The molecule has 4 heteroatoms. The third kappa shape index (κ3) is 4.02. The molecule has 0 radical (unpaired) electrons. The third-order valence-corrected chi connectivity index (χ3v) is 4.90. The lowest BCUT2D eigenvalue weighted by atomic mass is 10.1. The van der Waals surface area contributed by atoms with Gasteiger partial charge in [-0.3, -0.25) is 14.8 Å². The first kappa shape index (κ1) is 14.9. The van der Waals surface area contributed by atoms with Gasteiger partial charge in [0.2, 0.25) is 0 Å². The molecule has 1 saturated carbocycles. The minimum Gasteiger partial charge on any atom is -0.316 e. The average Bonchev–Trinajstić information content (AvgIpc) is 3.05. The molecular weight excluding hydrogens is 260 g/mol. The molecule has 21 heavy (non-hydrogen) atoms. The Kier molecular flexibility index (Phi) is 5.22. The van der Waals surface area contributed by atoms with Crippen molar-refractivity contribution in [2.24, 2.45) is 0 Å². The molecular formula is C17H28N4. The molecule has 1 aliphatic heterocycles. The molecule has 0 aromatic carbocycles. The van der Waals surface area contributed by atoms with Gasteiger partial charge in [-0.15, -0.1) is 0 Å². The van der Waals surface area contributed by atoms with Crippen molar-refractivity contribution in [3.05, 3.63) is 29.6 Å². The molecule has 2 fully saturated rings. The summed E-state index contributed by atoms with van der Waals surface area (Å²) in [4.78, 5) is 9.85. The first-order valence-corrected chi connectivity index (χ1v) is 8.40. The van der Waals surface area contributed by atoms with Crippen LogP contribution in [0, 0.1) is 0 Å². The van der Waals surface area contributed by atoms with Gasteiger partial charge in [-0.25, -0.2) is 0 Å². The summed E-state index contributed by atoms with van der Waals surface area (Å²) >= 11 is 0. The quantitative estimate of drug-likeness (QED) is 0.896. The molecule has 0 unspecified atom stereocenters. The van der Waals surface area contributed by atoms with Crippen molar-refractivity contribution in [3.8, 4) is 0 Å². The van der Waals surface area contributed by atoms with Crippen molar-refractivity contribution >= 4 is 0 Å². The van der Waals surface area contributed by atoms with Crippen LogP contribution in [0.1, 0.15) is 36.9 Å². The van der Waals surface area contributed by atoms with Gasteiger partial charge in [-0.1, -0.05) is 18.9 Å². The lowest BCUT2D eigenvalue weighted by molar-refractivity contribution is 0.0929. The normalized spacial score (nSPS) is 22.0. The predicted octanol–water partition coefficient (Wildman–Crippen LogP) is 1.86. The van der Waals surface area contributed by atoms with E-state index in [1.165, 1.54) is 63.1 Å². The van der Waals surface area contributed by atoms with Crippen LogP contribution in [0.3, 0.4) is 0 Å². The zero-order valence-corrected chi connectivity index (χ0v) is 13.2. The summed E-state index contributed by atoms with van der Waals surface area (Å²) in [6.07, 6.45) is 7.73. The lowest BCUT2D eigenvalue weighted by Crippen LogP contribution is -2.49. The van der Waals surface area contributed by atoms with Crippen molar-refractivity contribution in [1.29, 1.82) is 0 Å². The number of pyridine rings is 1. The third-order valence-electron chi connectivity index (χ3n) is 4.90.